The van der Waals surface area contributed by atoms with Gasteiger partial charge in [0.05, 0.1) is 17.9 Å². The molecule has 5 heteroatoms. The highest BCUT2D eigenvalue weighted by molar-refractivity contribution is 5.81. The van der Waals surface area contributed by atoms with E-state index in [-0.39, 0.29) is 22.8 Å². The molecule has 1 aliphatic heterocycles. The molecule has 4 fully saturated rings. The number of ether oxygens (including phenoxy) is 2. The Morgan fingerprint density at radius 2 is 1.38 bits per heavy atom. The molecule has 4 rings (SSSR count). The summed E-state index contributed by atoms with van der Waals surface area (Å²) in [5.74, 6) is 0.281. The van der Waals surface area contributed by atoms with Crippen molar-refractivity contribution in [1.82, 2.24) is 5.32 Å². The molecule has 3 saturated carbocycles. The molecule has 0 aromatic rings. The quantitative estimate of drug-likeness (QED) is 0.799. The number of carbonyl (C=O) groups excluding carboxylic acids is 2. The molecule has 0 unspecified atom stereocenters. The predicted molar refractivity (Wildman–Crippen MR) is 90.3 cm³/mol. The van der Waals surface area contributed by atoms with Crippen molar-refractivity contribution in [3.05, 3.63) is 0 Å². The van der Waals surface area contributed by atoms with E-state index in [0.29, 0.717) is 5.92 Å². The van der Waals surface area contributed by atoms with Crippen molar-refractivity contribution >= 4 is 11.9 Å². The van der Waals surface area contributed by atoms with Gasteiger partial charge in [-0.3, -0.25) is 9.59 Å². The van der Waals surface area contributed by atoms with Crippen LogP contribution in [0.4, 0.5) is 0 Å². The Balaban J connectivity index is 1.65. The molecule has 24 heavy (non-hydrogen) atoms. The van der Waals surface area contributed by atoms with Crippen LogP contribution in [0.3, 0.4) is 0 Å². The van der Waals surface area contributed by atoms with Crippen LogP contribution in [0.5, 0.6) is 0 Å². The molecule has 136 valence electrons. The number of carbonyl (C=O) groups is 2. The van der Waals surface area contributed by atoms with Crippen molar-refractivity contribution in [2.75, 3.05) is 20.2 Å². The van der Waals surface area contributed by atoms with Gasteiger partial charge in [-0.2, -0.15) is 0 Å². The van der Waals surface area contributed by atoms with Crippen molar-refractivity contribution in [1.29, 1.82) is 0 Å². The molecular weight excluding hydrogens is 306 g/mol. The minimum Gasteiger partial charge on any atom is -0.469 e. The van der Waals surface area contributed by atoms with Gasteiger partial charge in [0, 0.05) is 5.92 Å². The van der Waals surface area contributed by atoms with Crippen molar-refractivity contribution in [3.63, 3.8) is 0 Å². The molecule has 2 bridgehead atoms. The Hall–Kier alpha value is -1.10. The zero-order chi connectivity index (χ0) is 17.4. The van der Waals surface area contributed by atoms with Gasteiger partial charge in [-0.1, -0.05) is 0 Å². The van der Waals surface area contributed by atoms with E-state index in [9.17, 15) is 9.59 Å². The van der Waals surface area contributed by atoms with Gasteiger partial charge in [-0.05, 0) is 78.3 Å². The SMILES string of the molecule is COC(=O)C12CCC(C(=O)OC(C)(C)C3CCNCC3)(CC1)CC2. The fourth-order valence-electron chi connectivity index (χ4n) is 4.96. The fraction of sp³-hybridized carbons (Fsp3) is 0.895. The summed E-state index contributed by atoms with van der Waals surface area (Å²) in [6, 6.07) is 0. The smallest absolute Gasteiger partial charge is 0.312 e. The number of nitrogens with one attached hydrogen (secondary N) is 1. The number of piperidine rings is 1. The fourth-order valence-corrected chi connectivity index (χ4v) is 4.96. The second-order valence-corrected chi connectivity index (χ2v) is 8.57. The van der Waals surface area contributed by atoms with Gasteiger partial charge < -0.3 is 14.8 Å². The van der Waals surface area contributed by atoms with Crippen LogP contribution in [0.25, 0.3) is 0 Å². The minimum atomic E-state index is -0.414. The number of rotatable bonds is 4. The van der Waals surface area contributed by atoms with E-state index < -0.39 is 5.60 Å². The van der Waals surface area contributed by atoms with Crippen LogP contribution in [0.2, 0.25) is 0 Å². The second-order valence-electron chi connectivity index (χ2n) is 8.57. The van der Waals surface area contributed by atoms with Gasteiger partial charge in [0.25, 0.3) is 0 Å². The average Bonchev–Trinajstić information content (AvgIpc) is 2.63. The summed E-state index contributed by atoms with van der Waals surface area (Å²) in [6.45, 7) is 6.11. The summed E-state index contributed by atoms with van der Waals surface area (Å²) in [6.07, 6.45) is 6.63. The number of hydrogen-bond acceptors (Lipinski definition) is 5. The lowest BCUT2D eigenvalue weighted by atomic mass is 9.53. The lowest BCUT2D eigenvalue weighted by Gasteiger charge is -2.51. The van der Waals surface area contributed by atoms with E-state index in [1.165, 1.54) is 7.11 Å². The normalized spacial score (nSPS) is 34.0. The van der Waals surface area contributed by atoms with Crippen molar-refractivity contribution in [3.8, 4) is 0 Å². The number of fused-ring (bicyclic) bond motifs is 3. The molecule has 0 atom stereocenters. The molecule has 5 nitrogen and oxygen atoms in total. The minimum absolute atomic E-state index is 0.0378. The maximum absolute atomic E-state index is 13.0. The summed E-state index contributed by atoms with van der Waals surface area (Å²) in [5.41, 5.74) is -1.14. The highest BCUT2D eigenvalue weighted by atomic mass is 16.6. The molecular formula is C19H31NO4. The molecule has 1 saturated heterocycles. The first-order chi connectivity index (χ1) is 11.3. The highest BCUT2D eigenvalue weighted by Crippen LogP contribution is 2.58. The molecule has 3 aliphatic carbocycles. The van der Waals surface area contributed by atoms with Crippen molar-refractivity contribution < 1.29 is 19.1 Å². The largest absolute Gasteiger partial charge is 0.469 e. The molecule has 0 aromatic carbocycles. The highest BCUT2D eigenvalue weighted by Gasteiger charge is 2.57. The van der Waals surface area contributed by atoms with Crippen molar-refractivity contribution in [2.45, 2.75) is 70.8 Å². The third kappa shape index (κ3) is 2.96. The van der Waals surface area contributed by atoms with E-state index in [2.05, 4.69) is 19.2 Å². The first kappa shape index (κ1) is 17.7. The standard InChI is InChI=1S/C19H31NO4/c1-17(2,14-4-12-20-13-5-14)24-16(22)19-9-6-18(7-10-19,8-11-19)15(21)23-3/h14,20H,4-13H2,1-3H3. The molecule has 0 amide bonds. The predicted octanol–water partition coefficient (Wildman–Crippen LogP) is 2.82. The summed E-state index contributed by atoms with van der Waals surface area (Å²) in [4.78, 5) is 25.1. The third-order valence-electron chi connectivity index (χ3n) is 6.98. The number of hydrogen-bond donors (Lipinski definition) is 1. The van der Waals surface area contributed by atoms with Crippen molar-refractivity contribution in [2.24, 2.45) is 16.7 Å². The van der Waals surface area contributed by atoms with Crippen LogP contribution in [0.15, 0.2) is 0 Å². The first-order valence-electron chi connectivity index (χ1n) is 9.36. The van der Waals surface area contributed by atoms with Crippen LogP contribution in [0, 0.1) is 16.7 Å². The number of esters is 2. The van der Waals surface area contributed by atoms with Crippen LogP contribution < -0.4 is 5.32 Å². The van der Waals surface area contributed by atoms with Crippen LogP contribution in [0.1, 0.15) is 65.2 Å². The van der Waals surface area contributed by atoms with Crippen LogP contribution >= 0.6 is 0 Å². The molecule has 1 heterocycles. The van der Waals surface area contributed by atoms with Crippen LogP contribution in [-0.2, 0) is 19.1 Å². The topological polar surface area (TPSA) is 64.6 Å². The summed E-state index contributed by atoms with van der Waals surface area (Å²) in [7, 11) is 1.46. The Bertz CT molecular complexity index is 483. The Kier molecular flexibility index (Phi) is 4.67. The first-order valence-corrected chi connectivity index (χ1v) is 9.36. The lowest BCUT2D eigenvalue weighted by molar-refractivity contribution is -0.189. The van der Waals surface area contributed by atoms with Crippen LogP contribution in [-0.4, -0.2) is 37.7 Å². The van der Waals surface area contributed by atoms with Gasteiger partial charge in [0.1, 0.15) is 5.60 Å². The Labute approximate surface area is 144 Å². The summed E-state index contributed by atoms with van der Waals surface area (Å²) in [5, 5.41) is 3.36. The second kappa shape index (κ2) is 6.32. The van der Waals surface area contributed by atoms with Gasteiger partial charge in [0.2, 0.25) is 0 Å². The molecule has 0 radical (unpaired) electrons. The van der Waals surface area contributed by atoms with Gasteiger partial charge in [-0.25, -0.2) is 0 Å². The maximum Gasteiger partial charge on any atom is 0.312 e. The van der Waals surface area contributed by atoms with E-state index in [0.717, 1.165) is 64.5 Å². The zero-order valence-electron chi connectivity index (χ0n) is 15.3. The third-order valence-corrected chi connectivity index (χ3v) is 6.98. The number of methoxy groups -OCH3 is 1. The van der Waals surface area contributed by atoms with E-state index >= 15 is 0 Å². The Morgan fingerprint density at radius 3 is 1.83 bits per heavy atom. The zero-order valence-corrected chi connectivity index (χ0v) is 15.3. The molecule has 1 N–H and O–H groups in total. The monoisotopic (exact) mass is 337 g/mol. The van der Waals surface area contributed by atoms with Gasteiger partial charge in [0.15, 0.2) is 0 Å². The van der Waals surface area contributed by atoms with E-state index in [1.807, 2.05) is 0 Å². The maximum atomic E-state index is 13.0. The summed E-state index contributed by atoms with van der Waals surface area (Å²) >= 11 is 0. The lowest BCUT2D eigenvalue weighted by Crippen LogP contribution is -2.52. The molecule has 4 aliphatic rings. The molecule has 0 spiro atoms. The van der Waals surface area contributed by atoms with E-state index in [4.69, 9.17) is 9.47 Å². The average molecular weight is 337 g/mol. The van der Waals surface area contributed by atoms with Gasteiger partial charge >= 0.3 is 11.9 Å². The molecule has 0 aromatic heterocycles. The van der Waals surface area contributed by atoms with E-state index in [1.54, 1.807) is 0 Å². The Morgan fingerprint density at radius 1 is 0.917 bits per heavy atom. The van der Waals surface area contributed by atoms with Gasteiger partial charge in [-0.15, -0.1) is 0 Å². The summed E-state index contributed by atoms with van der Waals surface area (Å²) < 4.78 is 11.1.